The van der Waals surface area contributed by atoms with Crippen molar-refractivity contribution >= 4 is 29.0 Å². The molecule has 2 aliphatic rings. The Morgan fingerprint density at radius 2 is 1.94 bits per heavy atom. The number of nitrogens with one attached hydrogen (secondary N) is 2. The number of primary amides is 1. The first kappa shape index (κ1) is 22.2. The van der Waals surface area contributed by atoms with Gasteiger partial charge in [0.05, 0.1) is 36.9 Å². The molecular weight excluding hydrogens is 410 g/mol. The van der Waals surface area contributed by atoms with Crippen LogP contribution in [0.15, 0.2) is 18.3 Å². The second-order valence-electron chi connectivity index (χ2n) is 8.21. The van der Waals surface area contributed by atoms with Gasteiger partial charge in [-0.1, -0.05) is 6.92 Å². The molecule has 5 N–H and O–H groups in total. The van der Waals surface area contributed by atoms with Gasteiger partial charge in [0, 0.05) is 19.1 Å². The van der Waals surface area contributed by atoms with E-state index in [1.165, 1.54) is 0 Å². The number of rotatable bonds is 7. The zero-order valence-corrected chi connectivity index (χ0v) is 18.4. The van der Waals surface area contributed by atoms with E-state index in [9.17, 15) is 9.90 Å². The number of carbonyl (C=O) groups is 1. The number of ether oxygens (including phenoxy) is 1. The molecule has 1 saturated carbocycles. The Labute approximate surface area is 187 Å². The molecule has 1 aliphatic heterocycles. The van der Waals surface area contributed by atoms with Crippen LogP contribution in [0.5, 0.6) is 0 Å². The summed E-state index contributed by atoms with van der Waals surface area (Å²) >= 11 is 0. The summed E-state index contributed by atoms with van der Waals surface area (Å²) < 4.78 is 5.39. The minimum absolute atomic E-state index is 0.101. The lowest BCUT2D eigenvalue weighted by atomic mass is 9.93. The summed E-state index contributed by atoms with van der Waals surface area (Å²) in [5, 5.41) is 16.4. The van der Waals surface area contributed by atoms with Gasteiger partial charge in [0.15, 0.2) is 11.5 Å². The number of hydrogen-bond acceptors (Lipinski definition) is 9. The van der Waals surface area contributed by atoms with Crippen LogP contribution in [0, 0.1) is 0 Å². The fraction of sp³-hybridized carbons (Fsp3) is 0.545. The van der Waals surface area contributed by atoms with Gasteiger partial charge in [-0.25, -0.2) is 15.0 Å². The molecule has 1 amide bonds. The second kappa shape index (κ2) is 10.1. The third-order valence-electron chi connectivity index (χ3n) is 5.92. The molecule has 1 saturated heterocycles. The first-order valence-electron chi connectivity index (χ1n) is 11.2. The lowest BCUT2D eigenvalue weighted by Gasteiger charge is -2.28. The number of aliphatic hydroxyl groups excluding tert-OH is 1. The molecule has 0 radical (unpaired) electrons. The van der Waals surface area contributed by atoms with E-state index in [0.29, 0.717) is 42.7 Å². The van der Waals surface area contributed by atoms with Crippen LogP contribution in [0.4, 0.5) is 23.1 Å². The number of aromatic nitrogens is 3. The van der Waals surface area contributed by atoms with Crippen LogP contribution >= 0.6 is 0 Å². The van der Waals surface area contributed by atoms with E-state index in [1.807, 2.05) is 19.1 Å². The summed E-state index contributed by atoms with van der Waals surface area (Å²) in [5.41, 5.74) is 7.08. The Bertz CT molecular complexity index is 924. The normalized spacial score (nSPS) is 21.2. The average Bonchev–Trinajstić information content (AvgIpc) is 2.81. The molecular formula is C22H31N7O3. The zero-order chi connectivity index (χ0) is 22.5. The number of pyridine rings is 1. The molecule has 10 nitrogen and oxygen atoms in total. The Morgan fingerprint density at radius 1 is 1.19 bits per heavy atom. The molecule has 0 atom stereocenters. The van der Waals surface area contributed by atoms with Gasteiger partial charge in [0.1, 0.15) is 11.6 Å². The highest BCUT2D eigenvalue weighted by Crippen LogP contribution is 2.26. The highest BCUT2D eigenvalue weighted by Gasteiger charge is 2.23. The van der Waals surface area contributed by atoms with Crippen molar-refractivity contribution in [2.75, 3.05) is 41.8 Å². The van der Waals surface area contributed by atoms with E-state index < -0.39 is 5.91 Å². The van der Waals surface area contributed by atoms with E-state index in [1.54, 1.807) is 6.20 Å². The molecule has 32 heavy (non-hydrogen) atoms. The minimum atomic E-state index is -0.639. The molecule has 2 aromatic heterocycles. The van der Waals surface area contributed by atoms with Crippen molar-refractivity contribution in [3.05, 3.63) is 29.7 Å². The third kappa shape index (κ3) is 5.25. The largest absolute Gasteiger partial charge is 0.393 e. The van der Waals surface area contributed by atoms with Gasteiger partial charge < -0.3 is 31.1 Å². The summed E-state index contributed by atoms with van der Waals surface area (Å²) in [6.45, 7) is 4.97. The van der Waals surface area contributed by atoms with Gasteiger partial charge in [0.2, 0.25) is 0 Å². The molecule has 1 aliphatic carbocycles. The fourth-order valence-corrected chi connectivity index (χ4v) is 4.08. The van der Waals surface area contributed by atoms with Gasteiger partial charge in [-0.3, -0.25) is 4.79 Å². The molecule has 0 spiro atoms. The summed E-state index contributed by atoms with van der Waals surface area (Å²) in [5.74, 6) is 1.18. The number of morpholine rings is 1. The highest BCUT2D eigenvalue weighted by atomic mass is 16.5. The van der Waals surface area contributed by atoms with Gasteiger partial charge in [-0.05, 0) is 44.2 Å². The van der Waals surface area contributed by atoms with E-state index >= 15 is 0 Å². The van der Waals surface area contributed by atoms with E-state index in [2.05, 4.69) is 30.5 Å². The van der Waals surface area contributed by atoms with Gasteiger partial charge >= 0.3 is 0 Å². The predicted molar refractivity (Wildman–Crippen MR) is 122 cm³/mol. The van der Waals surface area contributed by atoms with Crippen LogP contribution in [0.1, 0.15) is 48.8 Å². The molecule has 10 heteroatoms. The number of carbonyl (C=O) groups excluding carboxylic acids is 1. The Hall–Kier alpha value is -2.98. The Balaban J connectivity index is 1.55. The maximum Gasteiger partial charge on any atom is 0.271 e. The van der Waals surface area contributed by atoms with Crippen LogP contribution in [-0.2, 0) is 11.2 Å². The lowest BCUT2D eigenvalue weighted by molar-refractivity contribution is 0.0995. The van der Waals surface area contributed by atoms with Crippen molar-refractivity contribution in [1.29, 1.82) is 0 Å². The monoisotopic (exact) mass is 441 g/mol. The Kier molecular flexibility index (Phi) is 7.01. The van der Waals surface area contributed by atoms with E-state index in [-0.39, 0.29) is 17.8 Å². The maximum atomic E-state index is 12.1. The number of aliphatic hydroxyl groups is 1. The van der Waals surface area contributed by atoms with Crippen LogP contribution in [0.2, 0.25) is 0 Å². The topological polar surface area (TPSA) is 139 Å². The zero-order valence-electron chi connectivity index (χ0n) is 18.4. The Morgan fingerprint density at radius 3 is 2.56 bits per heavy atom. The molecule has 4 rings (SSSR count). The van der Waals surface area contributed by atoms with Crippen molar-refractivity contribution < 1.29 is 14.6 Å². The van der Waals surface area contributed by atoms with Crippen LogP contribution < -0.4 is 21.3 Å². The fourth-order valence-electron chi connectivity index (χ4n) is 4.08. The number of nitrogens with zero attached hydrogens (tertiary/aromatic N) is 4. The lowest BCUT2D eigenvalue weighted by Crippen LogP contribution is -2.36. The first-order valence-corrected chi connectivity index (χ1v) is 11.2. The molecule has 172 valence electrons. The average molecular weight is 442 g/mol. The molecule has 0 bridgehead atoms. The number of nitrogens with two attached hydrogens (primary N) is 1. The van der Waals surface area contributed by atoms with Crippen LogP contribution in [-0.4, -0.2) is 64.4 Å². The molecule has 3 heterocycles. The van der Waals surface area contributed by atoms with E-state index in [4.69, 9.17) is 10.5 Å². The smallest absolute Gasteiger partial charge is 0.271 e. The second-order valence-corrected chi connectivity index (χ2v) is 8.21. The SMILES string of the molecule is CCc1nc(C(N)=O)c(Nc2ccc(N3CCOCC3)nc2)nc1N[C@H]1CC[C@H](O)CC1. The number of amides is 1. The number of hydrogen-bond donors (Lipinski definition) is 4. The third-order valence-corrected chi connectivity index (χ3v) is 5.92. The summed E-state index contributed by atoms with van der Waals surface area (Å²) in [6.07, 6.45) is 5.34. The molecule has 2 fully saturated rings. The van der Waals surface area contributed by atoms with Gasteiger partial charge in [-0.15, -0.1) is 0 Å². The molecule has 0 unspecified atom stereocenters. The van der Waals surface area contributed by atoms with Crippen LogP contribution in [0.3, 0.4) is 0 Å². The van der Waals surface area contributed by atoms with Crippen molar-refractivity contribution in [1.82, 2.24) is 15.0 Å². The van der Waals surface area contributed by atoms with Gasteiger partial charge in [-0.2, -0.15) is 0 Å². The molecule has 0 aromatic carbocycles. The van der Waals surface area contributed by atoms with Crippen molar-refractivity contribution in [2.45, 2.75) is 51.2 Å². The summed E-state index contributed by atoms with van der Waals surface area (Å²) in [4.78, 5) is 28.0. The first-order chi connectivity index (χ1) is 15.5. The standard InChI is InChI=1S/C22H31N7O3/c1-2-17-21(25-14-3-6-16(30)7-4-14)28-22(19(27-17)20(23)31)26-15-5-8-18(24-13-15)29-9-11-32-12-10-29/h5,8,13-14,16,30H,2-4,6-7,9-12H2,1H3,(H2,23,31)(H2,25,26,28)/t14-,16-. The predicted octanol–water partition coefficient (Wildman–Crippen LogP) is 1.83. The number of aryl methyl sites for hydroxylation is 1. The van der Waals surface area contributed by atoms with E-state index in [0.717, 1.165) is 44.6 Å². The van der Waals surface area contributed by atoms with Crippen LogP contribution in [0.25, 0.3) is 0 Å². The summed E-state index contributed by atoms with van der Waals surface area (Å²) in [7, 11) is 0. The quantitative estimate of drug-likeness (QED) is 0.507. The number of anilines is 4. The summed E-state index contributed by atoms with van der Waals surface area (Å²) in [6, 6.07) is 4.03. The van der Waals surface area contributed by atoms with Gasteiger partial charge in [0.25, 0.3) is 5.91 Å². The van der Waals surface area contributed by atoms with Crippen molar-refractivity contribution in [2.24, 2.45) is 5.73 Å². The molecule has 2 aromatic rings. The van der Waals surface area contributed by atoms with Crippen molar-refractivity contribution in [3.8, 4) is 0 Å². The maximum absolute atomic E-state index is 12.1. The highest BCUT2D eigenvalue weighted by molar-refractivity contribution is 5.96. The van der Waals surface area contributed by atoms with Crippen molar-refractivity contribution in [3.63, 3.8) is 0 Å². The minimum Gasteiger partial charge on any atom is -0.393 e.